The van der Waals surface area contributed by atoms with Crippen LogP contribution in [0.1, 0.15) is 26.2 Å². The average molecular weight is 183 g/mol. The van der Waals surface area contributed by atoms with Gasteiger partial charge in [0, 0.05) is 6.20 Å². The predicted molar refractivity (Wildman–Crippen MR) is 51.0 cm³/mol. The normalized spacial score (nSPS) is 11.1. The van der Waals surface area contributed by atoms with Crippen molar-refractivity contribution >= 4 is 16.5 Å². The SMILES string of the molecule is CCCCC/N=N/c1ccns1. The zero-order valence-electron chi connectivity index (χ0n) is 7.23. The first-order valence-corrected chi connectivity index (χ1v) is 4.99. The van der Waals surface area contributed by atoms with Crippen molar-refractivity contribution in [1.29, 1.82) is 0 Å². The van der Waals surface area contributed by atoms with Crippen LogP contribution in [0.3, 0.4) is 0 Å². The minimum Gasteiger partial charge on any atom is -0.199 e. The molecule has 0 aliphatic carbocycles. The quantitative estimate of drug-likeness (QED) is 0.509. The van der Waals surface area contributed by atoms with Crippen molar-refractivity contribution in [1.82, 2.24) is 4.37 Å². The molecule has 0 bridgehead atoms. The van der Waals surface area contributed by atoms with Crippen LogP contribution in [0.25, 0.3) is 0 Å². The third-order valence-electron chi connectivity index (χ3n) is 1.46. The van der Waals surface area contributed by atoms with Crippen molar-refractivity contribution in [2.45, 2.75) is 26.2 Å². The maximum absolute atomic E-state index is 4.05. The Morgan fingerprint density at radius 2 is 2.42 bits per heavy atom. The molecule has 0 fully saturated rings. The van der Waals surface area contributed by atoms with Gasteiger partial charge in [-0.15, -0.1) is 5.11 Å². The lowest BCUT2D eigenvalue weighted by atomic mass is 10.3. The second-order valence-corrected chi connectivity index (χ2v) is 3.33. The van der Waals surface area contributed by atoms with Gasteiger partial charge in [0.05, 0.1) is 6.54 Å². The smallest absolute Gasteiger partial charge is 0.158 e. The van der Waals surface area contributed by atoms with Crippen LogP contribution in [0, 0.1) is 0 Å². The largest absolute Gasteiger partial charge is 0.199 e. The monoisotopic (exact) mass is 183 g/mol. The number of nitrogens with zero attached hydrogens (tertiary/aromatic N) is 3. The van der Waals surface area contributed by atoms with Crippen molar-refractivity contribution in [2.75, 3.05) is 6.54 Å². The van der Waals surface area contributed by atoms with Crippen LogP contribution < -0.4 is 0 Å². The summed E-state index contributed by atoms with van der Waals surface area (Å²) in [6.07, 6.45) is 5.35. The van der Waals surface area contributed by atoms with Crippen LogP contribution >= 0.6 is 11.5 Å². The molecule has 0 radical (unpaired) electrons. The van der Waals surface area contributed by atoms with Crippen molar-refractivity contribution in [3.8, 4) is 0 Å². The molecule has 1 rings (SSSR count). The first-order chi connectivity index (χ1) is 5.93. The molecule has 0 aliphatic heterocycles. The first-order valence-electron chi connectivity index (χ1n) is 4.21. The first kappa shape index (κ1) is 9.32. The summed E-state index contributed by atoms with van der Waals surface area (Å²) in [7, 11) is 0. The third kappa shape index (κ3) is 3.57. The van der Waals surface area contributed by atoms with E-state index in [0.29, 0.717) is 0 Å². The summed E-state index contributed by atoms with van der Waals surface area (Å²) in [6, 6.07) is 1.87. The number of hydrogen-bond acceptors (Lipinski definition) is 4. The van der Waals surface area contributed by atoms with Crippen molar-refractivity contribution in [3.63, 3.8) is 0 Å². The Labute approximate surface area is 76.7 Å². The number of azo groups is 1. The summed E-state index contributed by atoms with van der Waals surface area (Å²) in [6.45, 7) is 3.02. The standard InChI is InChI=1S/C8H13N3S/c1-2-3-4-6-9-11-8-5-7-10-12-8/h5,7H,2-4,6H2,1H3/b11-9+. The molecular weight excluding hydrogens is 170 g/mol. The van der Waals surface area contributed by atoms with E-state index < -0.39 is 0 Å². The number of rotatable bonds is 5. The minimum atomic E-state index is 0.839. The number of aromatic nitrogens is 1. The predicted octanol–water partition coefficient (Wildman–Crippen LogP) is 3.42. The molecule has 0 atom stereocenters. The van der Waals surface area contributed by atoms with Gasteiger partial charge in [-0.25, -0.2) is 0 Å². The van der Waals surface area contributed by atoms with Gasteiger partial charge in [0.25, 0.3) is 0 Å². The van der Waals surface area contributed by atoms with Gasteiger partial charge in [-0.3, -0.25) is 0 Å². The molecule has 0 amide bonds. The van der Waals surface area contributed by atoms with Crippen molar-refractivity contribution < 1.29 is 0 Å². The maximum atomic E-state index is 4.05. The Balaban J connectivity index is 2.14. The third-order valence-corrected chi connectivity index (χ3v) is 2.09. The van der Waals surface area contributed by atoms with Gasteiger partial charge in [-0.2, -0.15) is 9.49 Å². The summed E-state index contributed by atoms with van der Waals surface area (Å²) < 4.78 is 3.93. The second-order valence-electron chi connectivity index (χ2n) is 2.52. The molecule has 0 saturated carbocycles. The second kappa shape index (κ2) is 5.83. The Hall–Kier alpha value is -0.770. The number of hydrogen-bond donors (Lipinski definition) is 0. The lowest BCUT2D eigenvalue weighted by Crippen LogP contribution is -1.77. The molecule has 3 nitrogen and oxygen atoms in total. The molecule has 1 aromatic rings. The minimum absolute atomic E-state index is 0.839. The summed E-state index contributed by atoms with van der Waals surface area (Å²) >= 11 is 1.38. The molecule has 4 heteroatoms. The molecule has 0 aliphatic rings. The van der Waals surface area contributed by atoms with E-state index in [1.54, 1.807) is 6.20 Å². The maximum Gasteiger partial charge on any atom is 0.158 e. The summed E-state index contributed by atoms with van der Waals surface area (Å²) in [5.41, 5.74) is 0. The van der Waals surface area contributed by atoms with Crippen LogP contribution in [0.4, 0.5) is 5.00 Å². The topological polar surface area (TPSA) is 37.6 Å². The molecule has 1 aromatic heterocycles. The van der Waals surface area contributed by atoms with Crippen LogP contribution in [-0.4, -0.2) is 10.9 Å². The molecule has 0 saturated heterocycles. The van der Waals surface area contributed by atoms with E-state index in [1.165, 1.54) is 24.4 Å². The lowest BCUT2D eigenvalue weighted by molar-refractivity contribution is 0.713. The van der Waals surface area contributed by atoms with E-state index in [-0.39, 0.29) is 0 Å². The van der Waals surface area contributed by atoms with Gasteiger partial charge in [0.1, 0.15) is 0 Å². The molecular formula is C8H13N3S. The fourth-order valence-electron chi connectivity index (χ4n) is 0.813. The fourth-order valence-corrected chi connectivity index (χ4v) is 1.26. The lowest BCUT2D eigenvalue weighted by Gasteiger charge is -1.89. The molecule has 66 valence electrons. The summed E-state index contributed by atoms with van der Waals surface area (Å²) in [5, 5.41) is 8.96. The summed E-state index contributed by atoms with van der Waals surface area (Å²) in [4.78, 5) is 0. The molecule has 12 heavy (non-hydrogen) atoms. The fraction of sp³-hybridized carbons (Fsp3) is 0.625. The van der Waals surface area contributed by atoms with Crippen LogP contribution in [0.15, 0.2) is 22.5 Å². The van der Waals surface area contributed by atoms with Crippen molar-refractivity contribution in [3.05, 3.63) is 12.3 Å². The zero-order chi connectivity index (χ0) is 8.65. The van der Waals surface area contributed by atoms with E-state index in [0.717, 1.165) is 18.0 Å². The number of unbranched alkanes of at least 4 members (excludes halogenated alkanes) is 2. The van der Waals surface area contributed by atoms with Gasteiger partial charge in [-0.1, -0.05) is 19.8 Å². The molecule has 0 spiro atoms. The Morgan fingerprint density at radius 1 is 1.50 bits per heavy atom. The zero-order valence-corrected chi connectivity index (χ0v) is 8.05. The van der Waals surface area contributed by atoms with E-state index >= 15 is 0 Å². The van der Waals surface area contributed by atoms with Gasteiger partial charge < -0.3 is 0 Å². The highest BCUT2D eigenvalue weighted by Crippen LogP contribution is 2.16. The average Bonchev–Trinajstić information content (AvgIpc) is 2.57. The van der Waals surface area contributed by atoms with E-state index in [1.807, 2.05) is 6.07 Å². The highest BCUT2D eigenvalue weighted by atomic mass is 32.1. The highest BCUT2D eigenvalue weighted by molar-refractivity contribution is 7.09. The molecule has 0 aromatic carbocycles. The molecule has 0 N–H and O–H groups in total. The van der Waals surface area contributed by atoms with Gasteiger partial charge >= 0.3 is 0 Å². The van der Waals surface area contributed by atoms with E-state index in [2.05, 4.69) is 21.5 Å². The van der Waals surface area contributed by atoms with Gasteiger partial charge in [0.2, 0.25) is 0 Å². The summed E-state index contributed by atoms with van der Waals surface area (Å²) in [5.74, 6) is 0. The highest BCUT2D eigenvalue weighted by Gasteiger charge is 1.88. The van der Waals surface area contributed by atoms with Crippen molar-refractivity contribution in [2.24, 2.45) is 10.2 Å². The van der Waals surface area contributed by atoms with Gasteiger partial charge in [-0.05, 0) is 24.0 Å². The van der Waals surface area contributed by atoms with Crippen LogP contribution in [0.5, 0.6) is 0 Å². The molecule has 1 heterocycles. The van der Waals surface area contributed by atoms with Gasteiger partial charge in [0.15, 0.2) is 5.00 Å². The molecule has 0 unspecified atom stereocenters. The van der Waals surface area contributed by atoms with E-state index in [4.69, 9.17) is 0 Å². The Morgan fingerprint density at radius 3 is 3.08 bits per heavy atom. The Kier molecular flexibility index (Phi) is 4.52. The van der Waals surface area contributed by atoms with Crippen LogP contribution in [-0.2, 0) is 0 Å². The van der Waals surface area contributed by atoms with E-state index in [9.17, 15) is 0 Å². The van der Waals surface area contributed by atoms with Crippen LogP contribution in [0.2, 0.25) is 0 Å². The Bertz CT molecular complexity index is 218.